The van der Waals surface area contributed by atoms with Crippen molar-refractivity contribution in [1.29, 1.82) is 0 Å². The van der Waals surface area contributed by atoms with Gasteiger partial charge in [0.2, 0.25) is 0 Å². The zero-order valence-electron chi connectivity index (χ0n) is 11.8. The third-order valence-corrected chi connectivity index (χ3v) is 4.48. The maximum Gasteiger partial charge on any atom is 0.161 e. The summed E-state index contributed by atoms with van der Waals surface area (Å²) in [6.07, 6.45) is 0.00269. The minimum Gasteiger partial charge on any atom is -0.486 e. The van der Waals surface area contributed by atoms with Gasteiger partial charge < -0.3 is 14.8 Å². The minimum atomic E-state index is 0.00269. The first kappa shape index (κ1) is 13.5. The molecule has 1 aromatic carbocycles. The lowest BCUT2D eigenvalue weighted by atomic mass is 10.1. The largest absolute Gasteiger partial charge is 0.486 e. The van der Waals surface area contributed by atoms with Crippen LogP contribution in [0, 0.1) is 6.92 Å². The van der Waals surface area contributed by atoms with Gasteiger partial charge in [0.25, 0.3) is 0 Å². The van der Waals surface area contributed by atoms with Crippen LogP contribution in [0.1, 0.15) is 22.7 Å². The number of fused-ring (bicyclic) bond motifs is 1. The number of nitrogens with one attached hydrogen (secondary N) is 1. The number of hydrogen-bond acceptors (Lipinski definition) is 4. The van der Waals surface area contributed by atoms with Crippen LogP contribution in [0.4, 0.5) is 0 Å². The number of thiophene rings is 1. The monoisotopic (exact) mass is 289 g/mol. The second-order valence-corrected chi connectivity index (χ2v) is 6.22. The number of hydrogen-bond donors (Lipinski definition) is 1. The standard InChI is InChI=1S/C16H19NO2S/c1-3-17-16(15-9-8-11(2)20-15)14-10-18-12-6-4-5-7-13(12)19-14/h4-9,14,16-17H,3,10H2,1-2H3. The second-order valence-electron chi connectivity index (χ2n) is 4.90. The van der Waals surface area contributed by atoms with Gasteiger partial charge >= 0.3 is 0 Å². The quantitative estimate of drug-likeness (QED) is 0.933. The van der Waals surface area contributed by atoms with E-state index >= 15 is 0 Å². The fraction of sp³-hybridized carbons (Fsp3) is 0.375. The number of para-hydroxylation sites is 2. The van der Waals surface area contributed by atoms with Crippen LogP contribution >= 0.6 is 11.3 Å². The van der Waals surface area contributed by atoms with Crippen LogP contribution in [0.15, 0.2) is 36.4 Å². The Labute approximate surface area is 123 Å². The molecule has 4 heteroatoms. The average molecular weight is 289 g/mol. The smallest absolute Gasteiger partial charge is 0.161 e. The molecule has 0 aliphatic carbocycles. The molecule has 0 saturated heterocycles. The summed E-state index contributed by atoms with van der Waals surface area (Å²) in [4.78, 5) is 2.62. The Morgan fingerprint density at radius 1 is 1.25 bits per heavy atom. The fourth-order valence-electron chi connectivity index (χ4n) is 2.46. The van der Waals surface area contributed by atoms with Crippen LogP contribution in [-0.4, -0.2) is 19.3 Å². The molecule has 0 spiro atoms. The zero-order valence-corrected chi connectivity index (χ0v) is 12.6. The molecule has 0 bridgehead atoms. The molecule has 2 atom stereocenters. The summed E-state index contributed by atoms with van der Waals surface area (Å²) in [5.74, 6) is 1.67. The summed E-state index contributed by atoms with van der Waals surface area (Å²) in [5, 5.41) is 3.52. The summed E-state index contributed by atoms with van der Waals surface area (Å²) in [6, 6.07) is 12.4. The van der Waals surface area contributed by atoms with Crippen molar-refractivity contribution >= 4 is 11.3 Å². The van der Waals surface area contributed by atoms with Gasteiger partial charge in [0.15, 0.2) is 17.6 Å². The van der Waals surface area contributed by atoms with E-state index in [1.807, 2.05) is 35.6 Å². The fourth-order valence-corrected chi connectivity index (χ4v) is 3.46. The lowest BCUT2D eigenvalue weighted by Crippen LogP contribution is -2.41. The molecular formula is C16H19NO2S. The molecule has 1 aliphatic rings. The van der Waals surface area contributed by atoms with Crippen molar-refractivity contribution in [1.82, 2.24) is 5.32 Å². The van der Waals surface area contributed by atoms with Crippen LogP contribution in [0.25, 0.3) is 0 Å². The minimum absolute atomic E-state index is 0.00269. The summed E-state index contributed by atoms with van der Waals surface area (Å²) < 4.78 is 12.0. The molecule has 0 fully saturated rings. The van der Waals surface area contributed by atoms with E-state index in [0.717, 1.165) is 18.0 Å². The van der Waals surface area contributed by atoms with E-state index in [1.165, 1.54) is 9.75 Å². The molecule has 0 amide bonds. The van der Waals surface area contributed by atoms with Crippen molar-refractivity contribution in [2.45, 2.75) is 26.0 Å². The van der Waals surface area contributed by atoms with Crippen LogP contribution in [0.3, 0.4) is 0 Å². The van der Waals surface area contributed by atoms with Crippen molar-refractivity contribution < 1.29 is 9.47 Å². The lowest BCUT2D eigenvalue weighted by molar-refractivity contribution is 0.0631. The molecule has 1 aromatic heterocycles. The molecule has 20 heavy (non-hydrogen) atoms. The molecule has 1 aliphatic heterocycles. The van der Waals surface area contributed by atoms with Gasteiger partial charge in [-0.3, -0.25) is 0 Å². The molecule has 1 N–H and O–H groups in total. The van der Waals surface area contributed by atoms with Gasteiger partial charge in [-0.2, -0.15) is 0 Å². The third kappa shape index (κ3) is 2.67. The van der Waals surface area contributed by atoms with Crippen molar-refractivity contribution in [3.05, 3.63) is 46.2 Å². The SMILES string of the molecule is CCNC(c1ccc(C)s1)C1COc2ccccc2O1. The van der Waals surface area contributed by atoms with Crippen molar-refractivity contribution in [3.63, 3.8) is 0 Å². The normalized spacial score (nSPS) is 18.8. The van der Waals surface area contributed by atoms with Crippen LogP contribution in [0.5, 0.6) is 11.5 Å². The number of likely N-dealkylation sites (N-methyl/N-ethyl adjacent to an activating group) is 1. The molecule has 2 unspecified atom stereocenters. The van der Waals surface area contributed by atoms with E-state index in [2.05, 4.69) is 31.3 Å². The molecule has 2 aromatic rings. The summed E-state index contributed by atoms with van der Waals surface area (Å²) in [7, 11) is 0. The maximum absolute atomic E-state index is 6.13. The highest BCUT2D eigenvalue weighted by molar-refractivity contribution is 7.12. The van der Waals surface area contributed by atoms with E-state index in [0.29, 0.717) is 6.61 Å². The van der Waals surface area contributed by atoms with E-state index in [4.69, 9.17) is 9.47 Å². The number of rotatable bonds is 4. The van der Waals surface area contributed by atoms with Gasteiger partial charge in [0.1, 0.15) is 6.61 Å². The highest BCUT2D eigenvalue weighted by Gasteiger charge is 2.30. The number of ether oxygens (including phenoxy) is 2. The Morgan fingerprint density at radius 2 is 2.05 bits per heavy atom. The lowest BCUT2D eigenvalue weighted by Gasteiger charge is -2.32. The Morgan fingerprint density at radius 3 is 2.75 bits per heavy atom. The molecule has 106 valence electrons. The molecule has 0 radical (unpaired) electrons. The molecule has 3 nitrogen and oxygen atoms in total. The first-order chi connectivity index (χ1) is 9.78. The number of benzene rings is 1. The number of aryl methyl sites for hydroxylation is 1. The van der Waals surface area contributed by atoms with Gasteiger partial charge in [0.05, 0.1) is 6.04 Å². The van der Waals surface area contributed by atoms with Crippen LogP contribution in [-0.2, 0) is 0 Å². The van der Waals surface area contributed by atoms with E-state index in [-0.39, 0.29) is 12.1 Å². The molecule has 3 rings (SSSR count). The molecular weight excluding hydrogens is 270 g/mol. The van der Waals surface area contributed by atoms with E-state index < -0.39 is 0 Å². The van der Waals surface area contributed by atoms with Crippen molar-refractivity contribution in [3.8, 4) is 11.5 Å². The van der Waals surface area contributed by atoms with Gasteiger partial charge in [-0.05, 0) is 37.7 Å². The van der Waals surface area contributed by atoms with Gasteiger partial charge in [-0.15, -0.1) is 11.3 Å². The Balaban J connectivity index is 1.83. The first-order valence-corrected chi connectivity index (χ1v) is 7.77. The highest BCUT2D eigenvalue weighted by atomic mass is 32.1. The van der Waals surface area contributed by atoms with Gasteiger partial charge in [-0.1, -0.05) is 19.1 Å². The predicted molar refractivity (Wildman–Crippen MR) is 81.8 cm³/mol. The Kier molecular flexibility index (Phi) is 3.94. The second kappa shape index (κ2) is 5.85. The summed E-state index contributed by atoms with van der Waals surface area (Å²) >= 11 is 1.81. The Hall–Kier alpha value is -1.52. The molecule has 2 heterocycles. The zero-order chi connectivity index (χ0) is 13.9. The Bertz CT molecular complexity index is 581. The summed E-state index contributed by atoms with van der Waals surface area (Å²) in [5.41, 5.74) is 0. The highest BCUT2D eigenvalue weighted by Crippen LogP contribution is 2.35. The first-order valence-electron chi connectivity index (χ1n) is 6.96. The van der Waals surface area contributed by atoms with E-state index in [9.17, 15) is 0 Å². The van der Waals surface area contributed by atoms with Crippen molar-refractivity contribution in [2.75, 3.05) is 13.2 Å². The van der Waals surface area contributed by atoms with Crippen LogP contribution in [0.2, 0.25) is 0 Å². The van der Waals surface area contributed by atoms with Gasteiger partial charge in [0, 0.05) is 9.75 Å². The third-order valence-electron chi connectivity index (χ3n) is 3.39. The average Bonchev–Trinajstić information content (AvgIpc) is 2.90. The van der Waals surface area contributed by atoms with Crippen LogP contribution < -0.4 is 14.8 Å². The molecule has 0 saturated carbocycles. The van der Waals surface area contributed by atoms with E-state index in [1.54, 1.807) is 0 Å². The van der Waals surface area contributed by atoms with Crippen molar-refractivity contribution in [2.24, 2.45) is 0 Å². The topological polar surface area (TPSA) is 30.5 Å². The van der Waals surface area contributed by atoms with Gasteiger partial charge in [-0.25, -0.2) is 0 Å². The maximum atomic E-state index is 6.13. The predicted octanol–water partition coefficient (Wildman–Crippen LogP) is 3.55. The summed E-state index contributed by atoms with van der Waals surface area (Å²) in [6.45, 7) is 5.73.